The minimum Gasteiger partial charge on any atom is -0.374 e. The van der Waals surface area contributed by atoms with Crippen LogP contribution in [0.4, 0.5) is 0 Å². The molecule has 0 aromatic heterocycles. The van der Waals surface area contributed by atoms with E-state index in [1.807, 2.05) is 19.1 Å². The van der Waals surface area contributed by atoms with Gasteiger partial charge in [0.15, 0.2) is 0 Å². The first-order valence-corrected chi connectivity index (χ1v) is 8.53. The van der Waals surface area contributed by atoms with Gasteiger partial charge in [-0.05, 0) is 57.4 Å². The van der Waals surface area contributed by atoms with Crippen LogP contribution in [-0.2, 0) is 11.2 Å². The molecule has 0 aliphatic carbocycles. The molecule has 1 rings (SSSR count). The third-order valence-corrected chi connectivity index (χ3v) is 4.58. The molecule has 2 unspecified atom stereocenters. The van der Waals surface area contributed by atoms with E-state index in [1.165, 1.54) is 0 Å². The molecule has 0 saturated heterocycles. The Bertz CT molecular complexity index is 439. The van der Waals surface area contributed by atoms with E-state index in [0.717, 1.165) is 36.4 Å². The molecule has 0 fully saturated rings. The summed E-state index contributed by atoms with van der Waals surface area (Å²) in [6.45, 7) is 10.2. The number of rotatable bonds is 9. The first kappa shape index (κ1) is 18.8. The van der Waals surface area contributed by atoms with Crippen LogP contribution in [0.25, 0.3) is 0 Å². The summed E-state index contributed by atoms with van der Waals surface area (Å²) in [5.74, 6) is 0. The normalized spacial score (nSPS) is 15.7. The first-order chi connectivity index (χ1) is 9.96. The van der Waals surface area contributed by atoms with Crippen molar-refractivity contribution in [1.29, 1.82) is 0 Å². The highest BCUT2D eigenvalue weighted by atomic mass is 35.5. The van der Waals surface area contributed by atoms with Crippen molar-refractivity contribution in [3.63, 3.8) is 0 Å². The van der Waals surface area contributed by atoms with Gasteiger partial charge in [0.1, 0.15) is 0 Å². The van der Waals surface area contributed by atoms with Crippen molar-refractivity contribution in [3.8, 4) is 0 Å². The molecule has 0 bridgehead atoms. The van der Waals surface area contributed by atoms with E-state index in [-0.39, 0.29) is 11.6 Å². The first-order valence-electron chi connectivity index (χ1n) is 7.78. The van der Waals surface area contributed by atoms with Gasteiger partial charge in [0.2, 0.25) is 0 Å². The third-order valence-electron chi connectivity index (χ3n) is 3.99. The molecule has 21 heavy (non-hydrogen) atoms. The summed E-state index contributed by atoms with van der Waals surface area (Å²) in [5.41, 5.74) is 0.904. The lowest BCUT2D eigenvalue weighted by molar-refractivity contribution is -0.0549. The standard InChI is InChI=1S/C17H27Cl2NO/c1-5-10-20-16(17(4,6-2)21-7-3)11-13-8-9-14(18)12-15(13)19/h8-9,12,16,20H,5-7,10-11H2,1-4H3. The van der Waals surface area contributed by atoms with Crippen LogP contribution in [-0.4, -0.2) is 24.8 Å². The highest BCUT2D eigenvalue weighted by Crippen LogP contribution is 2.27. The highest BCUT2D eigenvalue weighted by Gasteiger charge is 2.33. The molecule has 120 valence electrons. The highest BCUT2D eigenvalue weighted by molar-refractivity contribution is 6.35. The summed E-state index contributed by atoms with van der Waals surface area (Å²) in [6, 6.07) is 5.93. The molecule has 1 aromatic rings. The fourth-order valence-corrected chi connectivity index (χ4v) is 2.99. The fourth-order valence-electron chi connectivity index (χ4n) is 2.51. The van der Waals surface area contributed by atoms with Crippen molar-refractivity contribution in [3.05, 3.63) is 33.8 Å². The van der Waals surface area contributed by atoms with Crippen LogP contribution in [0.3, 0.4) is 0 Å². The summed E-state index contributed by atoms with van der Waals surface area (Å²) in [4.78, 5) is 0. The topological polar surface area (TPSA) is 21.3 Å². The second-order valence-corrected chi connectivity index (χ2v) is 6.39. The minimum absolute atomic E-state index is 0.202. The zero-order valence-corrected chi connectivity index (χ0v) is 15.0. The van der Waals surface area contributed by atoms with Gasteiger partial charge in [0, 0.05) is 22.7 Å². The molecule has 2 nitrogen and oxygen atoms in total. The molecule has 0 aliphatic heterocycles. The smallest absolute Gasteiger partial charge is 0.0807 e. The summed E-state index contributed by atoms with van der Waals surface area (Å²) < 4.78 is 6.04. The van der Waals surface area contributed by atoms with Gasteiger partial charge < -0.3 is 10.1 Å². The van der Waals surface area contributed by atoms with Crippen molar-refractivity contribution < 1.29 is 4.74 Å². The number of benzene rings is 1. The molecular weight excluding hydrogens is 305 g/mol. The van der Waals surface area contributed by atoms with Crippen LogP contribution in [0.2, 0.25) is 10.0 Å². The lowest BCUT2D eigenvalue weighted by Crippen LogP contribution is -2.51. The number of hydrogen-bond acceptors (Lipinski definition) is 2. The van der Waals surface area contributed by atoms with Gasteiger partial charge in [-0.3, -0.25) is 0 Å². The zero-order valence-electron chi connectivity index (χ0n) is 13.5. The molecule has 0 amide bonds. The fraction of sp³-hybridized carbons (Fsp3) is 0.647. The van der Waals surface area contributed by atoms with Gasteiger partial charge in [0.25, 0.3) is 0 Å². The van der Waals surface area contributed by atoms with Crippen molar-refractivity contribution >= 4 is 23.2 Å². The van der Waals surface area contributed by atoms with Crippen molar-refractivity contribution in [2.24, 2.45) is 0 Å². The molecule has 0 aliphatic rings. The van der Waals surface area contributed by atoms with Crippen molar-refractivity contribution in [1.82, 2.24) is 5.32 Å². The van der Waals surface area contributed by atoms with Gasteiger partial charge in [-0.25, -0.2) is 0 Å². The van der Waals surface area contributed by atoms with E-state index in [1.54, 1.807) is 6.07 Å². The number of ether oxygens (including phenoxy) is 1. The predicted octanol–water partition coefficient (Wildman–Crippen LogP) is 5.11. The quantitative estimate of drug-likeness (QED) is 0.678. The number of nitrogens with one attached hydrogen (secondary N) is 1. The molecule has 0 radical (unpaired) electrons. The average Bonchev–Trinajstić information content (AvgIpc) is 2.45. The lowest BCUT2D eigenvalue weighted by atomic mass is 9.88. The molecular formula is C17H27Cl2NO. The Morgan fingerprint density at radius 3 is 2.48 bits per heavy atom. The Kier molecular flexibility index (Phi) is 8.04. The van der Waals surface area contributed by atoms with E-state index >= 15 is 0 Å². The second-order valence-electron chi connectivity index (χ2n) is 5.55. The monoisotopic (exact) mass is 331 g/mol. The van der Waals surface area contributed by atoms with E-state index in [2.05, 4.69) is 26.1 Å². The maximum absolute atomic E-state index is 6.32. The lowest BCUT2D eigenvalue weighted by Gasteiger charge is -2.38. The van der Waals surface area contributed by atoms with Crippen molar-refractivity contribution in [2.45, 2.75) is 58.6 Å². The summed E-state index contributed by atoms with van der Waals surface area (Å²) in [5, 5.41) is 5.01. The van der Waals surface area contributed by atoms with Crippen LogP contribution in [0.1, 0.15) is 46.1 Å². The Labute approximate surface area is 139 Å². The predicted molar refractivity (Wildman–Crippen MR) is 92.6 cm³/mol. The maximum Gasteiger partial charge on any atom is 0.0807 e. The van der Waals surface area contributed by atoms with E-state index in [4.69, 9.17) is 27.9 Å². The summed E-state index contributed by atoms with van der Waals surface area (Å²) in [6.07, 6.45) is 2.88. The molecule has 0 spiro atoms. The van der Waals surface area contributed by atoms with Gasteiger partial charge in [0.05, 0.1) is 5.60 Å². The van der Waals surface area contributed by atoms with Crippen LogP contribution in [0, 0.1) is 0 Å². The molecule has 0 heterocycles. The summed E-state index contributed by atoms with van der Waals surface area (Å²) in [7, 11) is 0. The Morgan fingerprint density at radius 1 is 1.24 bits per heavy atom. The molecule has 0 saturated carbocycles. The van der Waals surface area contributed by atoms with Crippen LogP contribution in [0.5, 0.6) is 0 Å². The van der Waals surface area contributed by atoms with Gasteiger partial charge >= 0.3 is 0 Å². The van der Waals surface area contributed by atoms with Crippen LogP contribution >= 0.6 is 23.2 Å². The Morgan fingerprint density at radius 2 is 1.95 bits per heavy atom. The number of hydrogen-bond donors (Lipinski definition) is 1. The van der Waals surface area contributed by atoms with Gasteiger partial charge in [-0.15, -0.1) is 0 Å². The molecule has 2 atom stereocenters. The molecule has 1 aromatic carbocycles. The van der Waals surface area contributed by atoms with Crippen LogP contribution in [0.15, 0.2) is 18.2 Å². The minimum atomic E-state index is -0.202. The van der Waals surface area contributed by atoms with Gasteiger partial charge in [-0.2, -0.15) is 0 Å². The van der Waals surface area contributed by atoms with E-state index in [0.29, 0.717) is 11.6 Å². The second kappa shape index (κ2) is 8.99. The maximum atomic E-state index is 6.32. The Balaban J connectivity index is 2.96. The largest absolute Gasteiger partial charge is 0.374 e. The SMILES string of the molecule is CCCNC(Cc1ccc(Cl)cc1Cl)C(C)(CC)OCC. The van der Waals surface area contributed by atoms with Gasteiger partial charge in [-0.1, -0.05) is 43.1 Å². The molecule has 1 N–H and O–H groups in total. The van der Waals surface area contributed by atoms with Crippen molar-refractivity contribution in [2.75, 3.05) is 13.2 Å². The third kappa shape index (κ3) is 5.45. The van der Waals surface area contributed by atoms with E-state index < -0.39 is 0 Å². The zero-order chi connectivity index (χ0) is 15.9. The molecule has 4 heteroatoms. The Hall–Kier alpha value is -0.280. The number of halogens is 2. The average molecular weight is 332 g/mol. The van der Waals surface area contributed by atoms with E-state index in [9.17, 15) is 0 Å². The van der Waals surface area contributed by atoms with Crippen LogP contribution < -0.4 is 5.32 Å². The summed E-state index contributed by atoms with van der Waals surface area (Å²) >= 11 is 12.3.